The molecule has 196 valence electrons. The van der Waals surface area contributed by atoms with Crippen molar-refractivity contribution in [2.75, 3.05) is 53.4 Å². The molecule has 2 fully saturated rings. The van der Waals surface area contributed by atoms with Gasteiger partial charge in [0.05, 0.1) is 12.6 Å². The fourth-order valence-electron chi connectivity index (χ4n) is 5.71. The van der Waals surface area contributed by atoms with Crippen molar-refractivity contribution >= 4 is 17.7 Å². The minimum atomic E-state index is -1.13. The number of nitrogens with zero attached hydrogens (tertiary/aromatic N) is 3. The van der Waals surface area contributed by atoms with Crippen LogP contribution in [0.25, 0.3) is 0 Å². The molecule has 0 radical (unpaired) electrons. The molecule has 0 spiro atoms. The highest BCUT2D eigenvalue weighted by Crippen LogP contribution is 2.29. The fraction of sp³-hybridized carbons (Fsp3) is 0.889. The van der Waals surface area contributed by atoms with Crippen LogP contribution in [0, 0.1) is 23.2 Å². The van der Waals surface area contributed by atoms with Gasteiger partial charge in [-0.05, 0) is 84.8 Å². The molecule has 0 unspecified atom stereocenters. The number of cyclic esters (lactones) is 1. The lowest BCUT2D eigenvalue weighted by atomic mass is 9.78. The Morgan fingerprint density at radius 3 is 2.26 bits per heavy atom. The molecule has 2 heterocycles. The first-order chi connectivity index (χ1) is 15.9. The second kappa shape index (κ2) is 13.0. The number of carbonyl (C=O) groups excluding carboxylic acids is 3. The van der Waals surface area contributed by atoms with Gasteiger partial charge < -0.3 is 14.5 Å². The minimum absolute atomic E-state index is 0.0189. The summed E-state index contributed by atoms with van der Waals surface area (Å²) in [5.74, 6) is 0.464. The van der Waals surface area contributed by atoms with Gasteiger partial charge in [0.25, 0.3) is 0 Å². The van der Waals surface area contributed by atoms with Gasteiger partial charge in [0.2, 0.25) is 5.91 Å². The van der Waals surface area contributed by atoms with Gasteiger partial charge in [-0.15, -0.1) is 0 Å². The van der Waals surface area contributed by atoms with Crippen molar-refractivity contribution in [3.63, 3.8) is 0 Å². The zero-order valence-electron chi connectivity index (χ0n) is 22.8. The first kappa shape index (κ1) is 28.8. The van der Waals surface area contributed by atoms with Crippen LogP contribution in [0.4, 0.5) is 0 Å². The van der Waals surface area contributed by atoms with Gasteiger partial charge in [-0.25, -0.2) is 0 Å². The third-order valence-corrected chi connectivity index (χ3v) is 7.68. The van der Waals surface area contributed by atoms with E-state index in [2.05, 4.69) is 30.7 Å². The number of amides is 1. The monoisotopic (exact) mass is 479 g/mol. The molecule has 0 saturated carbocycles. The predicted molar refractivity (Wildman–Crippen MR) is 135 cm³/mol. The van der Waals surface area contributed by atoms with E-state index >= 15 is 0 Å². The molecule has 34 heavy (non-hydrogen) atoms. The number of likely N-dealkylation sites (N-methyl/N-ethyl adjacent to an activating group) is 2. The molecule has 0 bridgehead atoms. The van der Waals surface area contributed by atoms with E-state index in [1.54, 1.807) is 13.8 Å². The standard InChI is InChI=1S/C27H49N3O4/c1-20-17-21(2)19-28(6)14-15-30(25(32)23-11-10-12-29(23)7)13-8-9-16-34-26(33)27(4,5)24(31)22(3)18-20/h20-23H,8-19H2,1-7H3/t20-,21-,22-,23-/m1/s1. The molecule has 1 amide bonds. The zero-order chi connectivity index (χ0) is 25.5. The van der Waals surface area contributed by atoms with Crippen LogP contribution in [0.5, 0.6) is 0 Å². The molecule has 0 aromatic rings. The SMILES string of the molecule is C[C@@H]1C[C@@H](C)CN(C)CCN(C(=O)[C@H]2CCCN2C)CCCCOC(=O)C(C)(C)C(=O)[C@H](C)C1. The van der Waals surface area contributed by atoms with Gasteiger partial charge in [-0.1, -0.05) is 20.8 Å². The topological polar surface area (TPSA) is 70.2 Å². The Morgan fingerprint density at radius 2 is 1.62 bits per heavy atom. The summed E-state index contributed by atoms with van der Waals surface area (Å²) in [6.07, 6.45) is 5.26. The van der Waals surface area contributed by atoms with E-state index in [4.69, 9.17) is 4.74 Å². The molecule has 2 rings (SSSR count). The van der Waals surface area contributed by atoms with Crippen molar-refractivity contribution in [1.82, 2.24) is 14.7 Å². The summed E-state index contributed by atoms with van der Waals surface area (Å²) >= 11 is 0. The molecule has 0 aliphatic carbocycles. The fourth-order valence-corrected chi connectivity index (χ4v) is 5.71. The number of hydrogen-bond donors (Lipinski definition) is 0. The van der Waals surface area contributed by atoms with Crippen molar-refractivity contribution in [2.24, 2.45) is 23.2 Å². The average Bonchev–Trinajstić information content (AvgIpc) is 3.19. The Labute approximate surface area is 207 Å². The Hall–Kier alpha value is -1.47. The van der Waals surface area contributed by atoms with Crippen molar-refractivity contribution in [3.05, 3.63) is 0 Å². The van der Waals surface area contributed by atoms with E-state index < -0.39 is 11.4 Å². The van der Waals surface area contributed by atoms with Gasteiger partial charge in [-0.2, -0.15) is 0 Å². The molecular weight excluding hydrogens is 430 g/mol. The lowest BCUT2D eigenvalue weighted by molar-refractivity contribution is -0.160. The molecule has 0 aromatic carbocycles. The maximum atomic E-state index is 13.3. The second-order valence-corrected chi connectivity index (χ2v) is 11.6. The molecule has 2 aliphatic heterocycles. The van der Waals surface area contributed by atoms with Crippen LogP contribution >= 0.6 is 0 Å². The maximum Gasteiger partial charge on any atom is 0.319 e. The van der Waals surface area contributed by atoms with Crippen molar-refractivity contribution in [2.45, 2.75) is 79.2 Å². The Morgan fingerprint density at radius 1 is 0.912 bits per heavy atom. The van der Waals surface area contributed by atoms with Crippen LogP contribution in [0.2, 0.25) is 0 Å². The predicted octanol–water partition coefficient (Wildman–Crippen LogP) is 3.46. The smallest absolute Gasteiger partial charge is 0.319 e. The van der Waals surface area contributed by atoms with Crippen LogP contribution in [-0.4, -0.2) is 91.8 Å². The molecule has 4 atom stereocenters. The Kier molecular flexibility index (Phi) is 11.0. The number of likely N-dealkylation sites (tertiary alicyclic amines) is 1. The lowest BCUT2D eigenvalue weighted by Gasteiger charge is -2.31. The largest absolute Gasteiger partial charge is 0.465 e. The minimum Gasteiger partial charge on any atom is -0.465 e. The number of rotatable bonds is 1. The summed E-state index contributed by atoms with van der Waals surface area (Å²) in [6.45, 7) is 14.2. The third kappa shape index (κ3) is 8.04. The van der Waals surface area contributed by atoms with E-state index in [1.165, 1.54) is 0 Å². The summed E-state index contributed by atoms with van der Waals surface area (Å²) in [6, 6.07) is -0.0189. The lowest BCUT2D eigenvalue weighted by Crippen LogP contribution is -2.47. The number of esters is 1. The number of ether oxygens (including phenoxy) is 1. The first-order valence-electron chi connectivity index (χ1n) is 13.3. The van der Waals surface area contributed by atoms with Crippen LogP contribution in [0.1, 0.15) is 73.1 Å². The molecule has 7 nitrogen and oxygen atoms in total. The highest BCUT2D eigenvalue weighted by molar-refractivity contribution is 6.03. The van der Waals surface area contributed by atoms with Crippen molar-refractivity contribution < 1.29 is 19.1 Å². The molecule has 2 aliphatic rings. The van der Waals surface area contributed by atoms with E-state index in [0.717, 1.165) is 58.3 Å². The summed E-state index contributed by atoms with van der Waals surface area (Å²) in [7, 11) is 4.17. The number of hydrogen-bond acceptors (Lipinski definition) is 6. The third-order valence-electron chi connectivity index (χ3n) is 7.68. The quantitative estimate of drug-likeness (QED) is 0.424. The summed E-state index contributed by atoms with van der Waals surface area (Å²) in [5.41, 5.74) is -1.13. The summed E-state index contributed by atoms with van der Waals surface area (Å²) in [5, 5.41) is 0. The molecular formula is C27H49N3O4. The van der Waals surface area contributed by atoms with Gasteiger partial charge in [0.1, 0.15) is 5.41 Å². The van der Waals surface area contributed by atoms with Crippen molar-refractivity contribution in [1.29, 1.82) is 0 Å². The van der Waals surface area contributed by atoms with E-state index in [0.29, 0.717) is 24.8 Å². The molecule has 0 N–H and O–H groups in total. The first-order valence-corrected chi connectivity index (χ1v) is 13.3. The normalized spacial score (nSPS) is 32.1. The van der Waals surface area contributed by atoms with Crippen LogP contribution < -0.4 is 0 Å². The number of carbonyl (C=O) groups is 3. The van der Waals surface area contributed by atoms with Crippen LogP contribution in [0.3, 0.4) is 0 Å². The molecule has 7 heteroatoms. The average molecular weight is 480 g/mol. The molecule has 2 saturated heterocycles. The zero-order valence-corrected chi connectivity index (χ0v) is 22.8. The Balaban J connectivity index is 2.10. The van der Waals surface area contributed by atoms with Crippen LogP contribution in [-0.2, 0) is 19.1 Å². The number of Topliss-reactive ketones (excluding diaryl/α,β-unsaturated/α-hetero) is 1. The van der Waals surface area contributed by atoms with E-state index in [-0.39, 0.29) is 30.3 Å². The number of ketones is 1. The highest BCUT2D eigenvalue weighted by Gasteiger charge is 2.40. The summed E-state index contributed by atoms with van der Waals surface area (Å²) < 4.78 is 5.52. The highest BCUT2D eigenvalue weighted by atomic mass is 16.5. The van der Waals surface area contributed by atoms with Gasteiger partial charge >= 0.3 is 5.97 Å². The van der Waals surface area contributed by atoms with Gasteiger partial charge in [0, 0.05) is 32.1 Å². The maximum absolute atomic E-state index is 13.3. The van der Waals surface area contributed by atoms with Gasteiger partial charge in [-0.3, -0.25) is 19.3 Å². The summed E-state index contributed by atoms with van der Waals surface area (Å²) in [4.78, 5) is 45.6. The van der Waals surface area contributed by atoms with Crippen molar-refractivity contribution in [3.8, 4) is 0 Å². The van der Waals surface area contributed by atoms with Crippen LogP contribution in [0.15, 0.2) is 0 Å². The van der Waals surface area contributed by atoms with Gasteiger partial charge in [0.15, 0.2) is 5.78 Å². The van der Waals surface area contributed by atoms with E-state index in [1.807, 2.05) is 18.9 Å². The molecule has 0 aromatic heterocycles. The van der Waals surface area contributed by atoms with E-state index in [9.17, 15) is 14.4 Å². The Bertz CT molecular complexity index is 695. The second-order valence-electron chi connectivity index (χ2n) is 11.6.